The quantitative estimate of drug-likeness (QED) is 0.676. The van der Waals surface area contributed by atoms with Crippen LogP contribution in [0.1, 0.15) is 10.4 Å². The van der Waals surface area contributed by atoms with Gasteiger partial charge in [0, 0.05) is 12.4 Å². The topological polar surface area (TPSA) is 69.4 Å². The van der Waals surface area contributed by atoms with E-state index in [2.05, 4.69) is 15.2 Å². The van der Waals surface area contributed by atoms with Crippen molar-refractivity contribution >= 4 is 23.2 Å². The molecule has 100 valence electrons. The summed E-state index contributed by atoms with van der Waals surface area (Å²) in [6, 6.07) is 6.95. The highest BCUT2D eigenvalue weighted by atomic mass is 35.5. The predicted octanol–water partition coefficient (Wildman–Crippen LogP) is 2.23. The summed E-state index contributed by atoms with van der Waals surface area (Å²) < 4.78 is 6.32. The van der Waals surface area contributed by atoms with Gasteiger partial charge in [0.1, 0.15) is 5.69 Å². The Labute approximate surface area is 119 Å². The van der Waals surface area contributed by atoms with Crippen LogP contribution in [0.3, 0.4) is 0 Å². The summed E-state index contributed by atoms with van der Waals surface area (Å²) in [5.74, 6) is 0.0303. The number of hydrogen-bond donors (Lipinski definition) is 0. The number of rotatable bonds is 2. The van der Waals surface area contributed by atoms with Crippen LogP contribution in [-0.2, 0) is 4.74 Å². The van der Waals surface area contributed by atoms with Crippen molar-refractivity contribution in [3.05, 3.63) is 47.2 Å². The Morgan fingerprint density at radius 1 is 1.35 bits per heavy atom. The van der Waals surface area contributed by atoms with Gasteiger partial charge in [-0.1, -0.05) is 17.7 Å². The normalized spacial score (nSPS) is 10.7. The molecule has 0 unspecified atom stereocenters. The summed E-state index contributed by atoms with van der Waals surface area (Å²) in [6.07, 6.45) is 3.24. The molecule has 3 aromatic heterocycles. The lowest BCUT2D eigenvalue weighted by Gasteiger charge is -2.04. The molecule has 3 aromatic rings. The average molecular weight is 289 g/mol. The lowest BCUT2D eigenvalue weighted by atomic mass is 10.2. The highest BCUT2D eigenvalue weighted by molar-refractivity contribution is 6.33. The number of methoxy groups -OCH3 is 1. The van der Waals surface area contributed by atoms with Crippen molar-refractivity contribution in [2.24, 2.45) is 0 Å². The number of ether oxygens (including phenoxy) is 1. The molecule has 0 saturated heterocycles. The Kier molecular flexibility index (Phi) is 3.08. The third kappa shape index (κ3) is 2.00. The molecule has 0 aliphatic rings. The molecule has 0 spiro atoms. The van der Waals surface area contributed by atoms with Gasteiger partial charge in [0.25, 0.3) is 0 Å². The van der Waals surface area contributed by atoms with E-state index >= 15 is 0 Å². The third-order valence-corrected chi connectivity index (χ3v) is 3.05. The molecule has 0 aliphatic carbocycles. The zero-order valence-electron chi connectivity index (χ0n) is 10.4. The fourth-order valence-electron chi connectivity index (χ4n) is 1.85. The average Bonchev–Trinajstić information content (AvgIpc) is 2.91. The van der Waals surface area contributed by atoms with Crippen molar-refractivity contribution in [3.63, 3.8) is 0 Å². The lowest BCUT2D eigenvalue weighted by molar-refractivity contribution is 0.0600. The highest BCUT2D eigenvalue weighted by Gasteiger charge is 2.15. The fraction of sp³-hybridized carbons (Fsp3) is 0.0769. The smallest absolute Gasteiger partial charge is 0.339 e. The number of halogens is 1. The minimum atomic E-state index is -0.477. The van der Waals surface area contributed by atoms with Crippen LogP contribution in [-0.4, -0.2) is 32.7 Å². The van der Waals surface area contributed by atoms with E-state index in [1.54, 1.807) is 28.9 Å². The van der Waals surface area contributed by atoms with Gasteiger partial charge in [-0.2, -0.15) is 0 Å². The van der Waals surface area contributed by atoms with Crippen molar-refractivity contribution in [2.75, 3.05) is 7.11 Å². The monoisotopic (exact) mass is 288 g/mol. The van der Waals surface area contributed by atoms with Crippen LogP contribution in [0.2, 0.25) is 5.02 Å². The highest BCUT2D eigenvalue weighted by Crippen LogP contribution is 2.23. The van der Waals surface area contributed by atoms with E-state index in [1.165, 1.54) is 13.2 Å². The third-order valence-electron chi connectivity index (χ3n) is 2.77. The fourth-order valence-corrected chi connectivity index (χ4v) is 2.10. The summed E-state index contributed by atoms with van der Waals surface area (Å²) in [4.78, 5) is 15.8. The Bertz CT molecular complexity index is 786. The van der Waals surface area contributed by atoms with Crippen LogP contribution >= 0.6 is 11.6 Å². The molecule has 6 nitrogen and oxygen atoms in total. The van der Waals surface area contributed by atoms with E-state index in [1.807, 2.05) is 6.07 Å². The van der Waals surface area contributed by atoms with Crippen LogP contribution in [0.5, 0.6) is 0 Å². The maximum absolute atomic E-state index is 11.6. The second-order valence-corrected chi connectivity index (χ2v) is 4.41. The van der Waals surface area contributed by atoms with E-state index in [0.29, 0.717) is 27.8 Å². The molecule has 0 aromatic carbocycles. The first-order valence-corrected chi connectivity index (χ1v) is 6.12. The largest absolute Gasteiger partial charge is 0.465 e. The molecule has 3 rings (SSSR count). The number of carbonyl (C=O) groups is 1. The molecule has 0 radical (unpaired) electrons. The molecule has 20 heavy (non-hydrogen) atoms. The van der Waals surface area contributed by atoms with Crippen LogP contribution < -0.4 is 0 Å². The number of fused-ring (bicyclic) bond motifs is 1. The van der Waals surface area contributed by atoms with Crippen molar-refractivity contribution in [1.29, 1.82) is 0 Å². The van der Waals surface area contributed by atoms with Gasteiger partial charge < -0.3 is 4.74 Å². The number of esters is 1. The Morgan fingerprint density at radius 3 is 2.90 bits per heavy atom. The number of nitrogens with zero attached hydrogens (tertiary/aromatic N) is 4. The molecule has 7 heteroatoms. The molecule has 0 amide bonds. The molecule has 0 bridgehead atoms. The van der Waals surface area contributed by atoms with Gasteiger partial charge in [0.05, 0.1) is 17.7 Å². The van der Waals surface area contributed by atoms with Crippen molar-refractivity contribution in [3.8, 4) is 11.5 Å². The van der Waals surface area contributed by atoms with Gasteiger partial charge in [-0.05, 0) is 18.2 Å². The van der Waals surface area contributed by atoms with Gasteiger partial charge in [-0.25, -0.2) is 4.79 Å². The second kappa shape index (κ2) is 4.90. The maximum atomic E-state index is 11.6. The van der Waals surface area contributed by atoms with Gasteiger partial charge in [-0.3, -0.25) is 9.38 Å². The van der Waals surface area contributed by atoms with Crippen molar-refractivity contribution in [2.45, 2.75) is 0 Å². The molecule has 3 heterocycles. The van der Waals surface area contributed by atoms with E-state index < -0.39 is 5.97 Å². The Hall–Kier alpha value is -2.47. The van der Waals surface area contributed by atoms with Gasteiger partial charge >= 0.3 is 5.97 Å². The van der Waals surface area contributed by atoms with Gasteiger partial charge in [-0.15, -0.1) is 10.2 Å². The first-order valence-electron chi connectivity index (χ1n) is 5.74. The first kappa shape index (κ1) is 12.6. The van der Waals surface area contributed by atoms with Gasteiger partial charge in [0.15, 0.2) is 11.5 Å². The molecule has 0 fully saturated rings. The van der Waals surface area contributed by atoms with Crippen LogP contribution in [0, 0.1) is 0 Å². The van der Waals surface area contributed by atoms with Crippen LogP contribution in [0.25, 0.3) is 17.2 Å². The molecule has 0 aliphatic heterocycles. The minimum absolute atomic E-state index is 0.321. The Morgan fingerprint density at radius 2 is 2.20 bits per heavy atom. The molecular formula is C13H9ClN4O2. The molecular weight excluding hydrogens is 280 g/mol. The summed E-state index contributed by atoms with van der Waals surface area (Å²) in [7, 11) is 1.31. The second-order valence-electron chi connectivity index (χ2n) is 4.00. The summed E-state index contributed by atoms with van der Waals surface area (Å²) in [6.45, 7) is 0. The van der Waals surface area contributed by atoms with Crippen LogP contribution in [0.15, 0.2) is 36.7 Å². The van der Waals surface area contributed by atoms with Gasteiger partial charge in [0.2, 0.25) is 0 Å². The maximum Gasteiger partial charge on any atom is 0.339 e. The Balaban J connectivity index is 2.25. The summed E-state index contributed by atoms with van der Waals surface area (Å²) >= 11 is 6.11. The SMILES string of the molecule is COC(=O)c1cc(Cl)c2nnc(-c3ccccn3)n2c1. The zero-order chi connectivity index (χ0) is 14.1. The van der Waals surface area contributed by atoms with Crippen molar-refractivity contribution in [1.82, 2.24) is 19.6 Å². The molecule has 0 saturated carbocycles. The summed E-state index contributed by atoms with van der Waals surface area (Å²) in [5, 5.41) is 8.40. The number of pyridine rings is 2. The van der Waals surface area contributed by atoms with E-state index in [-0.39, 0.29) is 0 Å². The summed E-state index contributed by atoms with van der Waals surface area (Å²) in [5.41, 5.74) is 1.42. The van der Waals surface area contributed by atoms with E-state index in [9.17, 15) is 4.79 Å². The predicted molar refractivity (Wildman–Crippen MR) is 72.6 cm³/mol. The number of hydrogen-bond acceptors (Lipinski definition) is 5. The number of aromatic nitrogens is 4. The standard InChI is InChI=1S/C13H9ClN4O2/c1-20-13(19)8-6-9(14)11-16-17-12(18(11)7-8)10-4-2-3-5-15-10/h2-7H,1H3. The van der Waals surface area contributed by atoms with E-state index in [0.717, 1.165) is 0 Å². The minimum Gasteiger partial charge on any atom is -0.465 e. The van der Waals surface area contributed by atoms with Crippen LogP contribution in [0.4, 0.5) is 0 Å². The zero-order valence-corrected chi connectivity index (χ0v) is 11.2. The van der Waals surface area contributed by atoms with E-state index in [4.69, 9.17) is 16.3 Å². The number of carbonyl (C=O) groups excluding carboxylic acids is 1. The lowest BCUT2D eigenvalue weighted by Crippen LogP contribution is -2.04. The molecule has 0 N–H and O–H groups in total. The van der Waals surface area contributed by atoms with Crippen molar-refractivity contribution < 1.29 is 9.53 Å². The molecule has 0 atom stereocenters. The first-order chi connectivity index (χ1) is 9.70.